The monoisotopic (exact) mass is 586 g/mol. The zero-order chi connectivity index (χ0) is 31.1. The topological polar surface area (TPSA) is 129 Å². The Hall–Kier alpha value is -4.73. The Labute approximate surface area is 251 Å². The highest BCUT2D eigenvalue weighted by Gasteiger charge is 2.35. The fourth-order valence-electron chi connectivity index (χ4n) is 5.00. The summed E-state index contributed by atoms with van der Waals surface area (Å²) in [5.41, 5.74) is 2.54. The molecular formula is C33H38N4O6. The maximum absolute atomic E-state index is 13.8. The van der Waals surface area contributed by atoms with Crippen LogP contribution in [0.5, 0.6) is 0 Å². The molecule has 1 aromatic heterocycles. The molecule has 1 aliphatic heterocycles. The number of benzene rings is 2. The van der Waals surface area contributed by atoms with Crippen LogP contribution in [0.15, 0.2) is 72.8 Å². The third kappa shape index (κ3) is 8.41. The van der Waals surface area contributed by atoms with Gasteiger partial charge >= 0.3 is 12.1 Å². The van der Waals surface area contributed by atoms with Crippen LogP contribution in [-0.2, 0) is 14.3 Å². The number of piperazine rings is 1. The molecule has 1 aliphatic rings. The lowest BCUT2D eigenvalue weighted by Crippen LogP contribution is -2.59. The molecular weight excluding hydrogens is 548 g/mol. The molecule has 2 heterocycles. The number of rotatable bonds is 8. The SMILES string of the molecule is CC1CN(C(=O)O)CCN1C(=O)[C@H](CCC(=O)OC(C)(C)C)NC(=O)c1cc(-c2ccccc2)cc(-c2ccccc2)n1. The summed E-state index contributed by atoms with van der Waals surface area (Å²) in [4.78, 5) is 59.0. The summed E-state index contributed by atoms with van der Waals surface area (Å²) >= 11 is 0. The molecule has 226 valence electrons. The molecule has 1 fully saturated rings. The van der Waals surface area contributed by atoms with Crippen molar-refractivity contribution in [3.05, 3.63) is 78.5 Å². The van der Waals surface area contributed by atoms with E-state index < -0.39 is 41.6 Å². The van der Waals surface area contributed by atoms with Gasteiger partial charge in [-0.1, -0.05) is 60.7 Å². The molecule has 10 nitrogen and oxygen atoms in total. The van der Waals surface area contributed by atoms with Crippen LogP contribution in [0.2, 0.25) is 0 Å². The van der Waals surface area contributed by atoms with Crippen molar-refractivity contribution in [1.29, 1.82) is 0 Å². The van der Waals surface area contributed by atoms with Gasteiger partial charge < -0.3 is 25.0 Å². The van der Waals surface area contributed by atoms with Crippen LogP contribution >= 0.6 is 0 Å². The molecule has 1 saturated heterocycles. The van der Waals surface area contributed by atoms with Gasteiger partial charge in [0.2, 0.25) is 5.91 Å². The van der Waals surface area contributed by atoms with Crippen molar-refractivity contribution in [1.82, 2.24) is 20.1 Å². The number of hydrogen-bond acceptors (Lipinski definition) is 6. The van der Waals surface area contributed by atoms with Crippen LogP contribution in [0.3, 0.4) is 0 Å². The lowest BCUT2D eigenvalue weighted by atomic mass is 10.0. The highest BCUT2D eigenvalue weighted by molar-refractivity contribution is 5.98. The van der Waals surface area contributed by atoms with Gasteiger partial charge in [0.25, 0.3) is 5.91 Å². The Morgan fingerprint density at radius 3 is 2.16 bits per heavy atom. The molecule has 0 saturated carbocycles. The van der Waals surface area contributed by atoms with Crippen molar-refractivity contribution in [2.24, 2.45) is 0 Å². The number of amides is 3. The van der Waals surface area contributed by atoms with Gasteiger partial charge in [-0.15, -0.1) is 0 Å². The van der Waals surface area contributed by atoms with E-state index in [-0.39, 0.29) is 38.2 Å². The number of pyridine rings is 1. The average molecular weight is 587 g/mol. The van der Waals surface area contributed by atoms with Gasteiger partial charge in [0.1, 0.15) is 17.3 Å². The molecule has 3 amide bonds. The summed E-state index contributed by atoms with van der Waals surface area (Å²) in [6, 6.07) is 21.2. The number of aromatic nitrogens is 1. The first-order valence-corrected chi connectivity index (χ1v) is 14.4. The van der Waals surface area contributed by atoms with Crippen molar-refractivity contribution >= 4 is 23.9 Å². The van der Waals surface area contributed by atoms with Crippen LogP contribution < -0.4 is 5.32 Å². The van der Waals surface area contributed by atoms with Crippen molar-refractivity contribution in [2.75, 3.05) is 19.6 Å². The summed E-state index contributed by atoms with van der Waals surface area (Å²) in [6.45, 7) is 7.51. The second kappa shape index (κ2) is 13.5. The van der Waals surface area contributed by atoms with Gasteiger partial charge in [-0.2, -0.15) is 0 Å². The fraction of sp³-hybridized carbons (Fsp3) is 0.364. The van der Waals surface area contributed by atoms with E-state index in [4.69, 9.17) is 4.74 Å². The maximum Gasteiger partial charge on any atom is 0.407 e. The molecule has 0 spiro atoms. The molecule has 0 radical (unpaired) electrons. The highest BCUT2D eigenvalue weighted by Crippen LogP contribution is 2.26. The standard InChI is InChI=1S/C33H38N4O6/c1-22-21-36(32(41)42)17-18-37(22)31(40)26(15-16-29(38)43-33(2,3)4)35-30(39)28-20-25(23-11-7-5-8-12-23)19-27(34-28)24-13-9-6-10-14-24/h5-14,19-20,22,26H,15-18,21H2,1-4H3,(H,35,39)(H,41,42)/t22?,26-/m0/s1. The van der Waals surface area contributed by atoms with E-state index in [1.807, 2.05) is 66.7 Å². The van der Waals surface area contributed by atoms with Crippen molar-refractivity contribution < 1.29 is 29.0 Å². The first-order valence-electron chi connectivity index (χ1n) is 14.4. The summed E-state index contributed by atoms with van der Waals surface area (Å²) in [7, 11) is 0. The van der Waals surface area contributed by atoms with E-state index in [1.54, 1.807) is 38.7 Å². The Morgan fingerprint density at radius 1 is 0.953 bits per heavy atom. The number of carboxylic acid groups (broad SMARTS) is 1. The van der Waals surface area contributed by atoms with Crippen LogP contribution in [0.25, 0.3) is 22.4 Å². The number of carbonyl (C=O) groups excluding carboxylic acids is 3. The number of ether oxygens (including phenoxy) is 1. The van der Waals surface area contributed by atoms with E-state index in [1.165, 1.54) is 4.90 Å². The fourth-order valence-corrected chi connectivity index (χ4v) is 5.00. The van der Waals surface area contributed by atoms with Gasteiger partial charge in [-0.05, 0) is 57.4 Å². The van der Waals surface area contributed by atoms with Gasteiger partial charge in [-0.3, -0.25) is 14.4 Å². The molecule has 3 aromatic rings. The smallest absolute Gasteiger partial charge is 0.407 e. The van der Waals surface area contributed by atoms with Gasteiger partial charge in [0.05, 0.1) is 5.69 Å². The van der Waals surface area contributed by atoms with Crippen molar-refractivity contribution in [2.45, 2.75) is 58.2 Å². The highest BCUT2D eigenvalue weighted by atomic mass is 16.6. The lowest BCUT2D eigenvalue weighted by molar-refractivity contribution is -0.155. The van der Waals surface area contributed by atoms with Gasteiger partial charge in [-0.25, -0.2) is 9.78 Å². The zero-order valence-electron chi connectivity index (χ0n) is 24.9. The minimum atomic E-state index is -1.05. The third-order valence-electron chi connectivity index (χ3n) is 7.08. The molecule has 2 N–H and O–H groups in total. The second-order valence-corrected chi connectivity index (χ2v) is 11.6. The van der Waals surface area contributed by atoms with Crippen LogP contribution in [0.1, 0.15) is 51.0 Å². The van der Waals surface area contributed by atoms with Crippen LogP contribution in [-0.4, -0.2) is 81.1 Å². The van der Waals surface area contributed by atoms with E-state index in [2.05, 4.69) is 10.3 Å². The van der Waals surface area contributed by atoms with Crippen molar-refractivity contribution in [3.63, 3.8) is 0 Å². The number of hydrogen-bond donors (Lipinski definition) is 2. The first-order chi connectivity index (χ1) is 20.4. The van der Waals surface area contributed by atoms with Crippen molar-refractivity contribution in [3.8, 4) is 22.4 Å². The van der Waals surface area contributed by atoms with E-state index in [0.29, 0.717) is 5.69 Å². The minimum absolute atomic E-state index is 0.00920. The summed E-state index contributed by atoms with van der Waals surface area (Å²) < 4.78 is 5.43. The van der Waals surface area contributed by atoms with E-state index >= 15 is 0 Å². The maximum atomic E-state index is 13.8. The van der Waals surface area contributed by atoms with E-state index in [9.17, 15) is 24.3 Å². The number of carbonyl (C=O) groups is 4. The molecule has 2 atom stereocenters. The summed E-state index contributed by atoms with van der Waals surface area (Å²) in [5, 5.41) is 12.2. The Kier molecular flexibility index (Phi) is 9.80. The second-order valence-electron chi connectivity index (χ2n) is 11.6. The normalized spacial score (nSPS) is 15.9. The average Bonchev–Trinajstić information content (AvgIpc) is 2.98. The Balaban J connectivity index is 1.63. The predicted molar refractivity (Wildman–Crippen MR) is 162 cm³/mol. The molecule has 0 bridgehead atoms. The van der Waals surface area contributed by atoms with Crippen LogP contribution in [0, 0.1) is 0 Å². The van der Waals surface area contributed by atoms with Gasteiger partial charge in [0.15, 0.2) is 0 Å². The number of nitrogens with zero attached hydrogens (tertiary/aromatic N) is 3. The minimum Gasteiger partial charge on any atom is -0.465 e. The van der Waals surface area contributed by atoms with E-state index in [0.717, 1.165) is 16.7 Å². The molecule has 2 aromatic carbocycles. The summed E-state index contributed by atoms with van der Waals surface area (Å²) in [5.74, 6) is -1.44. The molecule has 43 heavy (non-hydrogen) atoms. The van der Waals surface area contributed by atoms with Gasteiger partial charge in [0, 0.05) is 37.7 Å². The molecule has 4 rings (SSSR count). The molecule has 1 unspecified atom stereocenters. The Bertz CT molecular complexity index is 1400. The number of nitrogens with one attached hydrogen (secondary N) is 1. The summed E-state index contributed by atoms with van der Waals surface area (Å²) in [6.07, 6.45) is -1.13. The predicted octanol–water partition coefficient (Wildman–Crippen LogP) is 4.85. The zero-order valence-corrected chi connectivity index (χ0v) is 24.9. The largest absolute Gasteiger partial charge is 0.465 e. The molecule has 10 heteroatoms. The molecule has 0 aliphatic carbocycles. The Morgan fingerprint density at radius 2 is 1.58 bits per heavy atom. The van der Waals surface area contributed by atoms with Crippen LogP contribution in [0.4, 0.5) is 4.79 Å². The lowest BCUT2D eigenvalue weighted by Gasteiger charge is -2.40. The quantitative estimate of drug-likeness (QED) is 0.361. The number of esters is 1. The first kappa shape index (κ1) is 31.2. The third-order valence-corrected chi connectivity index (χ3v) is 7.08.